The second-order valence-corrected chi connectivity index (χ2v) is 4.87. The normalized spacial score (nSPS) is 19.0. The van der Waals surface area contributed by atoms with E-state index < -0.39 is 0 Å². The Bertz CT molecular complexity index is 359. The maximum Gasteiger partial charge on any atom is 0.228 e. The third-order valence-corrected chi connectivity index (χ3v) is 3.69. The van der Waals surface area contributed by atoms with Crippen LogP contribution < -0.4 is 5.32 Å². The van der Waals surface area contributed by atoms with Gasteiger partial charge in [-0.15, -0.1) is 0 Å². The maximum absolute atomic E-state index is 5.70. The first kappa shape index (κ1) is 13.5. The first-order valence-corrected chi connectivity index (χ1v) is 6.89. The third kappa shape index (κ3) is 2.90. The van der Waals surface area contributed by atoms with E-state index >= 15 is 0 Å². The molecule has 1 N–H and O–H groups in total. The largest absolute Gasteiger partial charge is 0.370 e. The molecular formula is C13H23N3O2. The third-order valence-electron chi connectivity index (χ3n) is 3.69. The maximum atomic E-state index is 5.70. The zero-order valence-electron chi connectivity index (χ0n) is 11.4. The predicted molar refractivity (Wildman–Crippen MR) is 68.3 cm³/mol. The van der Waals surface area contributed by atoms with E-state index in [1.807, 2.05) is 0 Å². The quantitative estimate of drug-likeness (QED) is 0.786. The van der Waals surface area contributed by atoms with Gasteiger partial charge in [0.25, 0.3) is 0 Å². The molecule has 1 aliphatic carbocycles. The number of aromatic nitrogens is 2. The zero-order valence-corrected chi connectivity index (χ0v) is 11.4. The lowest BCUT2D eigenvalue weighted by molar-refractivity contribution is -0.0527. The van der Waals surface area contributed by atoms with Gasteiger partial charge in [-0.25, -0.2) is 0 Å². The molecule has 0 aromatic carbocycles. The van der Waals surface area contributed by atoms with Crippen LogP contribution in [0.25, 0.3) is 0 Å². The van der Waals surface area contributed by atoms with Gasteiger partial charge in [0.1, 0.15) is 5.60 Å². The molecule has 0 atom stereocenters. The van der Waals surface area contributed by atoms with E-state index in [9.17, 15) is 0 Å². The summed E-state index contributed by atoms with van der Waals surface area (Å²) in [4.78, 5) is 4.51. The van der Waals surface area contributed by atoms with Crippen LogP contribution in [0.5, 0.6) is 0 Å². The molecule has 102 valence electrons. The number of nitrogens with zero attached hydrogens (tertiary/aromatic N) is 2. The smallest absolute Gasteiger partial charge is 0.228 e. The molecule has 0 unspecified atom stereocenters. The van der Waals surface area contributed by atoms with E-state index in [-0.39, 0.29) is 5.60 Å². The lowest BCUT2D eigenvalue weighted by Crippen LogP contribution is -2.32. The summed E-state index contributed by atoms with van der Waals surface area (Å²) in [5, 5.41) is 7.37. The summed E-state index contributed by atoms with van der Waals surface area (Å²) in [7, 11) is 1.75. The van der Waals surface area contributed by atoms with Gasteiger partial charge in [0.2, 0.25) is 11.7 Å². The molecule has 5 nitrogen and oxygen atoms in total. The lowest BCUT2D eigenvalue weighted by atomic mass is 9.84. The lowest BCUT2D eigenvalue weighted by Gasteiger charge is -2.32. The van der Waals surface area contributed by atoms with Crippen molar-refractivity contribution in [1.82, 2.24) is 15.5 Å². The van der Waals surface area contributed by atoms with E-state index in [0.717, 1.165) is 38.2 Å². The van der Waals surface area contributed by atoms with Crippen LogP contribution in [0.4, 0.5) is 0 Å². The van der Waals surface area contributed by atoms with Crippen molar-refractivity contribution in [2.24, 2.45) is 0 Å². The molecular weight excluding hydrogens is 230 g/mol. The van der Waals surface area contributed by atoms with Crippen LogP contribution in [0, 0.1) is 0 Å². The minimum Gasteiger partial charge on any atom is -0.370 e. The van der Waals surface area contributed by atoms with Gasteiger partial charge in [0.05, 0.1) is 0 Å². The highest BCUT2D eigenvalue weighted by atomic mass is 16.5. The zero-order chi connectivity index (χ0) is 12.8. The molecule has 0 saturated heterocycles. The summed E-state index contributed by atoms with van der Waals surface area (Å²) in [6.45, 7) is 3.92. The average molecular weight is 253 g/mol. The Morgan fingerprint density at radius 2 is 2.11 bits per heavy atom. The number of rotatable bonds is 6. The van der Waals surface area contributed by atoms with Crippen LogP contribution in [-0.2, 0) is 16.8 Å². The predicted octanol–water partition coefficient (Wildman–Crippen LogP) is 2.03. The number of hydrogen-bond donors (Lipinski definition) is 1. The summed E-state index contributed by atoms with van der Waals surface area (Å²) >= 11 is 0. The van der Waals surface area contributed by atoms with E-state index in [1.54, 1.807) is 7.11 Å². The molecule has 0 amide bonds. The van der Waals surface area contributed by atoms with Crippen molar-refractivity contribution in [2.75, 3.05) is 20.2 Å². The Morgan fingerprint density at radius 1 is 1.33 bits per heavy atom. The van der Waals surface area contributed by atoms with Crippen LogP contribution in [-0.4, -0.2) is 30.3 Å². The van der Waals surface area contributed by atoms with Crippen molar-refractivity contribution in [3.8, 4) is 0 Å². The molecule has 0 bridgehead atoms. The second kappa shape index (κ2) is 6.29. The topological polar surface area (TPSA) is 60.2 Å². The van der Waals surface area contributed by atoms with Gasteiger partial charge in [-0.3, -0.25) is 0 Å². The molecule has 2 rings (SSSR count). The molecule has 1 aromatic heterocycles. The monoisotopic (exact) mass is 253 g/mol. The first-order chi connectivity index (χ1) is 8.80. The van der Waals surface area contributed by atoms with Crippen molar-refractivity contribution in [3.63, 3.8) is 0 Å². The van der Waals surface area contributed by atoms with Gasteiger partial charge >= 0.3 is 0 Å². The molecule has 0 spiro atoms. The molecule has 0 aliphatic heterocycles. The van der Waals surface area contributed by atoms with Gasteiger partial charge in [-0.05, 0) is 19.4 Å². The van der Waals surface area contributed by atoms with Gasteiger partial charge in [-0.2, -0.15) is 4.98 Å². The minimum atomic E-state index is -0.307. The summed E-state index contributed by atoms with van der Waals surface area (Å²) in [6.07, 6.45) is 6.40. The number of nitrogens with one attached hydrogen (secondary N) is 1. The van der Waals surface area contributed by atoms with Crippen LogP contribution >= 0.6 is 0 Å². The summed E-state index contributed by atoms with van der Waals surface area (Å²) in [6, 6.07) is 0. The average Bonchev–Trinajstić information content (AvgIpc) is 2.89. The highest BCUT2D eigenvalue weighted by Crippen LogP contribution is 2.38. The highest BCUT2D eigenvalue weighted by Gasteiger charge is 2.38. The van der Waals surface area contributed by atoms with Gasteiger partial charge < -0.3 is 14.6 Å². The summed E-state index contributed by atoms with van der Waals surface area (Å²) in [5.41, 5.74) is -0.307. The Balaban J connectivity index is 2.02. The van der Waals surface area contributed by atoms with Gasteiger partial charge in [-0.1, -0.05) is 31.3 Å². The van der Waals surface area contributed by atoms with E-state index in [1.165, 1.54) is 19.3 Å². The molecule has 1 heterocycles. The van der Waals surface area contributed by atoms with Crippen LogP contribution in [0.2, 0.25) is 0 Å². The molecule has 0 radical (unpaired) electrons. The molecule has 1 aliphatic rings. The fourth-order valence-electron chi connectivity index (χ4n) is 2.56. The molecule has 18 heavy (non-hydrogen) atoms. The summed E-state index contributed by atoms with van der Waals surface area (Å²) < 4.78 is 11.0. The minimum absolute atomic E-state index is 0.307. The van der Waals surface area contributed by atoms with Crippen LogP contribution in [0.15, 0.2) is 4.52 Å². The Labute approximate surface area is 108 Å². The van der Waals surface area contributed by atoms with Crippen molar-refractivity contribution in [1.29, 1.82) is 0 Å². The van der Waals surface area contributed by atoms with E-state index in [2.05, 4.69) is 22.4 Å². The van der Waals surface area contributed by atoms with Crippen molar-refractivity contribution < 1.29 is 9.26 Å². The van der Waals surface area contributed by atoms with Crippen molar-refractivity contribution >= 4 is 0 Å². The van der Waals surface area contributed by atoms with Crippen LogP contribution in [0.3, 0.4) is 0 Å². The Kier molecular flexibility index (Phi) is 4.72. The fourth-order valence-corrected chi connectivity index (χ4v) is 2.56. The van der Waals surface area contributed by atoms with Crippen molar-refractivity contribution in [2.45, 2.75) is 51.0 Å². The fraction of sp³-hybridized carbons (Fsp3) is 0.846. The second-order valence-electron chi connectivity index (χ2n) is 4.87. The number of methoxy groups -OCH3 is 1. The Morgan fingerprint density at radius 3 is 2.78 bits per heavy atom. The number of hydrogen-bond acceptors (Lipinski definition) is 5. The summed E-state index contributed by atoms with van der Waals surface area (Å²) in [5.74, 6) is 1.43. The standard InChI is InChI=1S/C13H23N3O2/c1-3-14-10-7-11-15-12(16-18-11)13(17-2)8-5-4-6-9-13/h14H,3-10H2,1-2H3. The van der Waals surface area contributed by atoms with Gasteiger partial charge in [0.15, 0.2) is 0 Å². The Hall–Kier alpha value is -0.940. The van der Waals surface area contributed by atoms with Gasteiger partial charge in [0, 0.05) is 20.1 Å². The highest BCUT2D eigenvalue weighted by molar-refractivity contribution is 5.03. The van der Waals surface area contributed by atoms with E-state index in [0.29, 0.717) is 5.89 Å². The molecule has 5 heteroatoms. The SMILES string of the molecule is CCNCCc1nc(C2(OC)CCCCC2)no1. The van der Waals surface area contributed by atoms with Crippen LogP contribution in [0.1, 0.15) is 50.7 Å². The first-order valence-electron chi connectivity index (χ1n) is 6.89. The number of likely N-dealkylation sites (N-methyl/N-ethyl adjacent to an activating group) is 1. The molecule has 1 aromatic rings. The van der Waals surface area contributed by atoms with Crippen molar-refractivity contribution in [3.05, 3.63) is 11.7 Å². The number of ether oxygens (including phenoxy) is 1. The molecule has 1 saturated carbocycles. The molecule has 1 fully saturated rings. The van der Waals surface area contributed by atoms with E-state index in [4.69, 9.17) is 9.26 Å².